The molecule has 1 aromatic carbocycles. The number of rotatable bonds is 18. The molecule has 0 spiro atoms. The third-order valence-electron chi connectivity index (χ3n) is 5.88. The second-order valence-electron chi connectivity index (χ2n) is 8.08. The zero-order chi connectivity index (χ0) is 22.3. The minimum Gasteiger partial charge on any atom is -0.381 e. The van der Waals surface area contributed by atoms with Crippen molar-refractivity contribution >= 4 is 0 Å². The van der Waals surface area contributed by atoms with Gasteiger partial charge >= 0.3 is 0 Å². The average Bonchev–Trinajstić information content (AvgIpc) is 2.75. The highest BCUT2D eigenvalue weighted by atomic mass is 16.9. The van der Waals surface area contributed by atoms with Crippen LogP contribution in [0, 0.1) is 5.41 Å². The van der Waals surface area contributed by atoms with Gasteiger partial charge in [-0.3, -0.25) is 0 Å². The lowest BCUT2D eigenvalue weighted by atomic mass is 9.69. The highest BCUT2D eigenvalue weighted by Crippen LogP contribution is 2.50. The Labute approximate surface area is 185 Å². The van der Waals surface area contributed by atoms with Crippen LogP contribution in [0.5, 0.6) is 0 Å². The molecule has 1 aromatic rings. The fourth-order valence-electron chi connectivity index (χ4n) is 4.40. The standard InChI is InChI=1S/C26H46O4/c1-7-12-13-14-18-21-24(23-19-16-15-17-20-23)25(6,22-27-8-2)26(28-9-3,29-10-4)30-11-5/h15-17,19-20,24H,7-14,18,21-22H2,1-6H3. The summed E-state index contributed by atoms with van der Waals surface area (Å²) in [5, 5.41) is 0. The van der Waals surface area contributed by atoms with Crippen molar-refractivity contribution in [1.82, 2.24) is 0 Å². The number of benzene rings is 1. The molecule has 4 nitrogen and oxygen atoms in total. The summed E-state index contributed by atoms with van der Waals surface area (Å²) in [4.78, 5) is 0. The lowest BCUT2D eigenvalue weighted by Crippen LogP contribution is -2.58. The van der Waals surface area contributed by atoms with Gasteiger partial charge in [-0.25, -0.2) is 0 Å². The number of unbranched alkanes of at least 4 members (excludes halogenated alkanes) is 4. The van der Waals surface area contributed by atoms with Crippen LogP contribution in [-0.4, -0.2) is 39.0 Å². The van der Waals surface area contributed by atoms with Crippen LogP contribution >= 0.6 is 0 Å². The van der Waals surface area contributed by atoms with E-state index in [-0.39, 0.29) is 5.92 Å². The van der Waals surface area contributed by atoms with Crippen molar-refractivity contribution in [1.29, 1.82) is 0 Å². The highest BCUT2D eigenvalue weighted by molar-refractivity contribution is 5.23. The molecule has 174 valence electrons. The summed E-state index contributed by atoms with van der Waals surface area (Å²) < 4.78 is 24.9. The van der Waals surface area contributed by atoms with Gasteiger partial charge in [0.25, 0.3) is 5.97 Å². The zero-order valence-electron chi connectivity index (χ0n) is 20.4. The normalized spacial score (nSPS) is 15.1. The number of hydrogen-bond donors (Lipinski definition) is 0. The summed E-state index contributed by atoms with van der Waals surface area (Å²) in [6.07, 6.45) is 7.30. The number of ether oxygens (including phenoxy) is 4. The van der Waals surface area contributed by atoms with E-state index in [1.54, 1.807) is 0 Å². The summed E-state index contributed by atoms with van der Waals surface area (Å²) in [5.74, 6) is -0.957. The molecule has 0 heterocycles. The lowest BCUT2D eigenvalue weighted by Gasteiger charge is -2.50. The first-order valence-electron chi connectivity index (χ1n) is 12.1. The fourth-order valence-corrected chi connectivity index (χ4v) is 4.40. The van der Waals surface area contributed by atoms with Crippen LogP contribution < -0.4 is 0 Å². The van der Waals surface area contributed by atoms with E-state index in [0.717, 1.165) is 6.42 Å². The van der Waals surface area contributed by atoms with Gasteiger partial charge in [-0.15, -0.1) is 0 Å². The molecule has 0 bridgehead atoms. The van der Waals surface area contributed by atoms with Gasteiger partial charge in [-0.1, -0.05) is 69.4 Å². The molecule has 30 heavy (non-hydrogen) atoms. The summed E-state index contributed by atoms with van der Waals surface area (Å²) in [6.45, 7) is 15.2. The smallest absolute Gasteiger partial charge is 0.291 e. The predicted molar refractivity (Wildman–Crippen MR) is 125 cm³/mol. The predicted octanol–water partition coefficient (Wildman–Crippen LogP) is 6.94. The van der Waals surface area contributed by atoms with Gasteiger partial charge in [0.15, 0.2) is 0 Å². The van der Waals surface area contributed by atoms with Gasteiger partial charge < -0.3 is 18.9 Å². The van der Waals surface area contributed by atoms with E-state index in [9.17, 15) is 0 Å². The molecule has 0 amide bonds. The Bertz CT molecular complexity index is 516. The monoisotopic (exact) mass is 422 g/mol. The van der Waals surface area contributed by atoms with Crippen LogP contribution in [0.1, 0.15) is 91.5 Å². The number of hydrogen-bond acceptors (Lipinski definition) is 4. The molecule has 0 N–H and O–H groups in total. The topological polar surface area (TPSA) is 36.9 Å². The molecule has 1 rings (SSSR count). The molecule has 0 saturated heterocycles. The maximum atomic E-state index is 6.30. The van der Waals surface area contributed by atoms with E-state index >= 15 is 0 Å². The summed E-state index contributed by atoms with van der Waals surface area (Å²) in [5.41, 5.74) is 0.788. The molecule has 0 aliphatic rings. The third kappa shape index (κ3) is 7.33. The Morgan fingerprint density at radius 2 is 1.30 bits per heavy atom. The Balaban J connectivity index is 3.39. The van der Waals surface area contributed by atoms with Crippen molar-refractivity contribution in [3.8, 4) is 0 Å². The first-order chi connectivity index (χ1) is 14.5. The van der Waals surface area contributed by atoms with Crippen molar-refractivity contribution in [2.75, 3.05) is 33.0 Å². The lowest BCUT2D eigenvalue weighted by molar-refractivity contribution is -0.433. The molecular formula is C26H46O4. The summed E-state index contributed by atoms with van der Waals surface area (Å²) in [6, 6.07) is 10.7. The van der Waals surface area contributed by atoms with Crippen LogP contribution in [0.3, 0.4) is 0 Å². The largest absolute Gasteiger partial charge is 0.381 e. The minimum atomic E-state index is -1.15. The molecule has 2 atom stereocenters. The van der Waals surface area contributed by atoms with E-state index in [4.69, 9.17) is 18.9 Å². The fraction of sp³-hybridized carbons (Fsp3) is 0.769. The third-order valence-corrected chi connectivity index (χ3v) is 5.88. The molecule has 0 aliphatic carbocycles. The molecule has 0 saturated carbocycles. The van der Waals surface area contributed by atoms with Crippen molar-refractivity contribution in [2.45, 2.75) is 92.0 Å². The summed E-state index contributed by atoms with van der Waals surface area (Å²) in [7, 11) is 0. The van der Waals surface area contributed by atoms with Crippen molar-refractivity contribution in [3.05, 3.63) is 35.9 Å². The van der Waals surface area contributed by atoms with Gasteiger partial charge in [-0.2, -0.15) is 0 Å². The second kappa shape index (κ2) is 15.0. The maximum absolute atomic E-state index is 6.30. The second-order valence-corrected chi connectivity index (χ2v) is 8.08. The Morgan fingerprint density at radius 1 is 0.733 bits per heavy atom. The van der Waals surface area contributed by atoms with Crippen LogP contribution in [0.25, 0.3) is 0 Å². The quantitative estimate of drug-likeness (QED) is 0.190. The highest BCUT2D eigenvalue weighted by Gasteiger charge is 2.56. The molecular weight excluding hydrogens is 376 g/mol. The van der Waals surface area contributed by atoms with Crippen LogP contribution in [-0.2, 0) is 18.9 Å². The van der Waals surface area contributed by atoms with Gasteiger partial charge in [0.2, 0.25) is 0 Å². The van der Waals surface area contributed by atoms with Crippen molar-refractivity contribution in [2.24, 2.45) is 5.41 Å². The molecule has 0 aromatic heterocycles. The molecule has 4 heteroatoms. The first-order valence-corrected chi connectivity index (χ1v) is 12.1. The van der Waals surface area contributed by atoms with Gasteiger partial charge in [0.05, 0.1) is 12.0 Å². The van der Waals surface area contributed by atoms with Gasteiger partial charge in [-0.05, 0) is 52.5 Å². The SMILES string of the molecule is CCCCCCCC(c1ccccc1)C(C)(COCC)C(OCC)(OCC)OCC. The van der Waals surface area contributed by atoms with Crippen molar-refractivity contribution < 1.29 is 18.9 Å². The van der Waals surface area contributed by atoms with Crippen LogP contribution in [0.4, 0.5) is 0 Å². The maximum Gasteiger partial charge on any atom is 0.291 e. The molecule has 2 unspecified atom stereocenters. The average molecular weight is 423 g/mol. The molecule has 0 fully saturated rings. The van der Waals surface area contributed by atoms with Crippen LogP contribution in [0.2, 0.25) is 0 Å². The molecule has 0 aliphatic heterocycles. The van der Waals surface area contributed by atoms with Crippen molar-refractivity contribution in [3.63, 3.8) is 0 Å². The van der Waals surface area contributed by atoms with E-state index in [1.165, 1.54) is 37.7 Å². The van der Waals surface area contributed by atoms with Gasteiger partial charge in [0.1, 0.15) is 0 Å². The Kier molecular flexibility index (Phi) is 13.5. The van der Waals surface area contributed by atoms with Crippen LogP contribution in [0.15, 0.2) is 30.3 Å². The molecule has 0 radical (unpaired) electrons. The van der Waals surface area contributed by atoms with E-state index in [1.807, 2.05) is 27.7 Å². The van der Waals surface area contributed by atoms with E-state index in [2.05, 4.69) is 44.2 Å². The van der Waals surface area contributed by atoms with Gasteiger partial charge in [0, 0.05) is 26.4 Å². The minimum absolute atomic E-state index is 0.191. The Hall–Kier alpha value is -0.940. The first kappa shape index (κ1) is 27.1. The van der Waals surface area contributed by atoms with E-state index in [0.29, 0.717) is 33.0 Å². The summed E-state index contributed by atoms with van der Waals surface area (Å²) >= 11 is 0. The van der Waals surface area contributed by atoms with E-state index < -0.39 is 11.4 Å². The zero-order valence-corrected chi connectivity index (χ0v) is 20.4. The Morgan fingerprint density at radius 3 is 1.80 bits per heavy atom.